The summed E-state index contributed by atoms with van der Waals surface area (Å²) in [5.74, 6) is 0.0876. The number of carbonyl (C=O) groups excluding carboxylic acids is 1. The van der Waals surface area contributed by atoms with E-state index in [-0.39, 0.29) is 17.7 Å². The lowest BCUT2D eigenvalue weighted by molar-refractivity contribution is 0.0602. The van der Waals surface area contributed by atoms with Crippen molar-refractivity contribution in [1.29, 1.82) is 0 Å². The number of nitrogens with one attached hydrogen (secondary N) is 1. The van der Waals surface area contributed by atoms with Crippen LogP contribution in [-0.4, -0.2) is 23.0 Å². The quantitative estimate of drug-likeness (QED) is 0.697. The molecule has 0 saturated heterocycles. The first kappa shape index (κ1) is 15.2. The fourth-order valence-electron chi connectivity index (χ4n) is 1.42. The van der Waals surface area contributed by atoms with Crippen LogP contribution in [0.25, 0.3) is 0 Å². The summed E-state index contributed by atoms with van der Waals surface area (Å²) in [6, 6.07) is 8.63. The molecule has 0 aliphatic heterocycles. The van der Waals surface area contributed by atoms with Crippen molar-refractivity contribution in [1.82, 2.24) is 9.97 Å². The van der Waals surface area contributed by atoms with Crippen molar-refractivity contribution in [2.75, 3.05) is 12.4 Å². The zero-order valence-electron chi connectivity index (χ0n) is 9.96. The van der Waals surface area contributed by atoms with E-state index in [4.69, 9.17) is 16.3 Å². The Balaban J connectivity index is 0.00000180. The lowest BCUT2D eigenvalue weighted by atomic mass is 10.2. The number of aromatic nitrogens is 2. The predicted octanol–water partition coefficient (Wildman–Crippen LogP) is 3.08. The first-order chi connectivity index (χ1) is 8.70. The van der Waals surface area contributed by atoms with Gasteiger partial charge in [-0.3, -0.25) is 0 Å². The molecule has 1 heterocycles. The minimum absolute atomic E-state index is 0. The number of ether oxygens (including phenoxy) is 1. The van der Waals surface area contributed by atoms with E-state index in [2.05, 4.69) is 15.3 Å². The molecule has 5 nitrogen and oxygen atoms in total. The molecule has 100 valence electrons. The van der Waals surface area contributed by atoms with Crippen molar-refractivity contribution >= 4 is 41.5 Å². The third-order valence-electron chi connectivity index (χ3n) is 2.22. The minimum Gasteiger partial charge on any atom is -0.465 e. The standard InChI is InChI=1S/C12H10ClN3O2.ClH/c1-18-11(17)8-4-2-3-5-9(8)15-10-6-7-14-12(13)16-10;/h2-7H,1H3,(H,14,15,16);1H. The highest BCUT2D eigenvalue weighted by atomic mass is 35.5. The molecule has 0 radical (unpaired) electrons. The molecule has 7 heteroatoms. The Morgan fingerprint density at radius 1 is 1.32 bits per heavy atom. The van der Waals surface area contributed by atoms with Gasteiger partial charge in [0.15, 0.2) is 0 Å². The van der Waals surface area contributed by atoms with E-state index in [9.17, 15) is 4.79 Å². The van der Waals surface area contributed by atoms with Gasteiger partial charge in [-0.2, -0.15) is 0 Å². The van der Waals surface area contributed by atoms with Gasteiger partial charge in [0.25, 0.3) is 0 Å². The van der Waals surface area contributed by atoms with Gasteiger partial charge >= 0.3 is 5.97 Å². The predicted molar refractivity (Wildman–Crippen MR) is 75.4 cm³/mol. The number of methoxy groups -OCH3 is 1. The largest absolute Gasteiger partial charge is 0.465 e. The monoisotopic (exact) mass is 299 g/mol. The van der Waals surface area contributed by atoms with Gasteiger partial charge in [-0.15, -0.1) is 12.4 Å². The normalized spacial score (nSPS) is 9.37. The van der Waals surface area contributed by atoms with Gasteiger partial charge in [-0.1, -0.05) is 12.1 Å². The number of anilines is 2. The molecule has 19 heavy (non-hydrogen) atoms. The van der Waals surface area contributed by atoms with Crippen LogP contribution in [-0.2, 0) is 4.74 Å². The summed E-state index contributed by atoms with van der Waals surface area (Å²) in [7, 11) is 1.33. The zero-order valence-corrected chi connectivity index (χ0v) is 11.5. The van der Waals surface area contributed by atoms with E-state index < -0.39 is 5.97 Å². The van der Waals surface area contributed by atoms with Crippen LogP contribution < -0.4 is 5.32 Å². The van der Waals surface area contributed by atoms with E-state index in [0.29, 0.717) is 17.1 Å². The fourth-order valence-corrected chi connectivity index (χ4v) is 1.57. The summed E-state index contributed by atoms with van der Waals surface area (Å²) in [4.78, 5) is 19.3. The fraction of sp³-hybridized carbons (Fsp3) is 0.0833. The SMILES string of the molecule is COC(=O)c1ccccc1Nc1ccnc(Cl)n1.Cl. The summed E-state index contributed by atoms with van der Waals surface area (Å²) < 4.78 is 4.70. The number of hydrogen-bond acceptors (Lipinski definition) is 5. The summed E-state index contributed by atoms with van der Waals surface area (Å²) in [6.07, 6.45) is 1.53. The van der Waals surface area contributed by atoms with Crippen molar-refractivity contribution in [3.8, 4) is 0 Å². The zero-order chi connectivity index (χ0) is 13.0. The van der Waals surface area contributed by atoms with Gasteiger partial charge in [0, 0.05) is 6.20 Å². The van der Waals surface area contributed by atoms with E-state index >= 15 is 0 Å². The van der Waals surface area contributed by atoms with E-state index in [0.717, 1.165) is 0 Å². The highest BCUT2D eigenvalue weighted by molar-refractivity contribution is 6.28. The Hall–Kier alpha value is -1.85. The van der Waals surface area contributed by atoms with Crippen LogP contribution in [0.15, 0.2) is 36.5 Å². The van der Waals surface area contributed by atoms with Gasteiger partial charge in [0.1, 0.15) is 5.82 Å². The van der Waals surface area contributed by atoms with E-state index in [1.807, 2.05) is 0 Å². The molecular formula is C12H11Cl2N3O2. The molecule has 2 rings (SSSR count). The number of benzene rings is 1. The van der Waals surface area contributed by atoms with Crippen LogP contribution in [0, 0.1) is 0 Å². The Morgan fingerprint density at radius 3 is 2.74 bits per heavy atom. The van der Waals surface area contributed by atoms with Gasteiger partial charge in [0.2, 0.25) is 5.28 Å². The number of carbonyl (C=O) groups is 1. The maximum absolute atomic E-state index is 11.6. The van der Waals surface area contributed by atoms with Crippen molar-refractivity contribution in [3.05, 3.63) is 47.4 Å². The molecular weight excluding hydrogens is 289 g/mol. The topological polar surface area (TPSA) is 64.1 Å². The molecule has 0 atom stereocenters. The highest BCUT2D eigenvalue weighted by Gasteiger charge is 2.11. The number of halogens is 2. The minimum atomic E-state index is -0.418. The molecule has 0 fully saturated rings. The molecule has 1 aromatic heterocycles. The van der Waals surface area contributed by atoms with Crippen molar-refractivity contribution in [2.45, 2.75) is 0 Å². The molecule has 0 aliphatic carbocycles. The first-order valence-electron chi connectivity index (χ1n) is 5.13. The van der Waals surface area contributed by atoms with Crippen LogP contribution in [0.3, 0.4) is 0 Å². The molecule has 0 bridgehead atoms. The first-order valence-corrected chi connectivity index (χ1v) is 5.51. The van der Waals surface area contributed by atoms with Crippen LogP contribution in [0.1, 0.15) is 10.4 Å². The van der Waals surface area contributed by atoms with Crippen molar-refractivity contribution in [3.63, 3.8) is 0 Å². The van der Waals surface area contributed by atoms with Gasteiger partial charge in [-0.25, -0.2) is 14.8 Å². The maximum Gasteiger partial charge on any atom is 0.339 e. The van der Waals surface area contributed by atoms with Crippen molar-refractivity contribution in [2.24, 2.45) is 0 Å². The molecule has 1 aromatic carbocycles. The highest BCUT2D eigenvalue weighted by Crippen LogP contribution is 2.20. The van der Waals surface area contributed by atoms with Gasteiger partial charge in [0.05, 0.1) is 18.4 Å². The number of para-hydroxylation sites is 1. The molecule has 0 unspecified atom stereocenters. The Morgan fingerprint density at radius 2 is 2.05 bits per heavy atom. The van der Waals surface area contributed by atoms with Gasteiger partial charge < -0.3 is 10.1 Å². The second-order valence-corrected chi connectivity index (χ2v) is 3.71. The second-order valence-electron chi connectivity index (χ2n) is 3.37. The summed E-state index contributed by atoms with van der Waals surface area (Å²) in [5, 5.41) is 3.13. The molecule has 0 saturated carbocycles. The summed E-state index contributed by atoms with van der Waals surface area (Å²) in [5.41, 5.74) is 1.02. The molecule has 0 spiro atoms. The summed E-state index contributed by atoms with van der Waals surface area (Å²) in [6.45, 7) is 0. The van der Waals surface area contributed by atoms with Crippen LogP contribution in [0.4, 0.5) is 11.5 Å². The second kappa shape index (κ2) is 6.92. The third kappa shape index (κ3) is 3.81. The molecule has 1 N–H and O–H groups in total. The van der Waals surface area contributed by atoms with Gasteiger partial charge in [-0.05, 0) is 29.8 Å². The van der Waals surface area contributed by atoms with Crippen molar-refractivity contribution < 1.29 is 9.53 Å². The number of rotatable bonds is 3. The lowest BCUT2D eigenvalue weighted by Crippen LogP contribution is -2.06. The number of hydrogen-bond donors (Lipinski definition) is 1. The summed E-state index contributed by atoms with van der Waals surface area (Å²) >= 11 is 5.69. The third-order valence-corrected chi connectivity index (χ3v) is 2.40. The Kier molecular flexibility index (Phi) is 5.54. The van der Waals surface area contributed by atoms with E-state index in [1.165, 1.54) is 13.3 Å². The number of nitrogens with zero attached hydrogens (tertiary/aromatic N) is 2. The molecule has 0 amide bonds. The van der Waals surface area contributed by atoms with E-state index in [1.54, 1.807) is 30.3 Å². The number of esters is 1. The maximum atomic E-state index is 11.6. The van der Waals surface area contributed by atoms with Crippen LogP contribution in [0.5, 0.6) is 0 Å². The smallest absolute Gasteiger partial charge is 0.339 e. The lowest BCUT2D eigenvalue weighted by Gasteiger charge is -2.09. The molecule has 2 aromatic rings. The molecule has 0 aliphatic rings. The van der Waals surface area contributed by atoms with Crippen LogP contribution in [0.2, 0.25) is 5.28 Å². The average Bonchev–Trinajstić information content (AvgIpc) is 2.38. The Bertz CT molecular complexity index is 578. The van der Waals surface area contributed by atoms with Crippen LogP contribution >= 0.6 is 24.0 Å². The Labute approximate surface area is 121 Å². The average molecular weight is 300 g/mol.